The van der Waals surface area contributed by atoms with Crippen LogP contribution in [0.2, 0.25) is 0 Å². The van der Waals surface area contributed by atoms with E-state index in [2.05, 4.69) is 5.32 Å². The number of thioether (sulfide) groups is 1. The van der Waals surface area contributed by atoms with Crippen LogP contribution in [-0.2, 0) is 4.79 Å². The van der Waals surface area contributed by atoms with Crippen molar-refractivity contribution in [2.24, 2.45) is 0 Å². The van der Waals surface area contributed by atoms with E-state index in [4.69, 9.17) is 9.47 Å². The molecule has 1 fully saturated rings. The molecule has 1 N–H and O–H groups in total. The SMILES string of the molecule is O=C1NCCCC[C@@H]1Sc1ccc2c(c1)OCCCO2. The highest BCUT2D eigenvalue weighted by atomic mass is 32.2. The molecule has 108 valence electrons. The van der Waals surface area contributed by atoms with E-state index in [1.54, 1.807) is 11.8 Å². The Morgan fingerprint density at radius 2 is 1.95 bits per heavy atom. The second-order valence-electron chi connectivity index (χ2n) is 5.05. The topological polar surface area (TPSA) is 47.6 Å². The summed E-state index contributed by atoms with van der Waals surface area (Å²) >= 11 is 1.62. The van der Waals surface area contributed by atoms with Crippen molar-refractivity contribution in [2.45, 2.75) is 35.8 Å². The van der Waals surface area contributed by atoms with Crippen molar-refractivity contribution in [3.05, 3.63) is 18.2 Å². The molecule has 0 unspecified atom stereocenters. The fourth-order valence-corrected chi connectivity index (χ4v) is 3.53. The van der Waals surface area contributed by atoms with Gasteiger partial charge in [-0.1, -0.05) is 6.42 Å². The highest BCUT2D eigenvalue weighted by Gasteiger charge is 2.22. The van der Waals surface area contributed by atoms with E-state index >= 15 is 0 Å². The first kappa shape index (κ1) is 13.6. The molecule has 0 bridgehead atoms. The Kier molecular flexibility index (Phi) is 4.35. The molecule has 1 atom stereocenters. The van der Waals surface area contributed by atoms with Gasteiger partial charge in [0.1, 0.15) is 0 Å². The van der Waals surface area contributed by atoms with E-state index in [0.717, 1.165) is 48.6 Å². The van der Waals surface area contributed by atoms with Crippen LogP contribution in [0.1, 0.15) is 25.7 Å². The minimum Gasteiger partial charge on any atom is -0.490 e. The van der Waals surface area contributed by atoms with Crippen LogP contribution in [0.25, 0.3) is 0 Å². The van der Waals surface area contributed by atoms with Crippen molar-refractivity contribution in [3.63, 3.8) is 0 Å². The number of carbonyl (C=O) groups excluding carboxylic acids is 1. The first-order valence-electron chi connectivity index (χ1n) is 7.17. The highest BCUT2D eigenvalue weighted by Crippen LogP contribution is 2.36. The third-order valence-electron chi connectivity index (χ3n) is 3.48. The number of fused-ring (bicyclic) bond motifs is 1. The van der Waals surface area contributed by atoms with E-state index in [0.29, 0.717) is 13.2 Å². The Morgan fingerprint density at radius 3 is 2.85 bits per heavy atom. The van der Waals surface area contributed by atoms with Gasteiger partial charge in [-0.15, -0.1) is 11.8 Å². The van der Waals surface area contributed by atoms with Crippen molar-refractivity contribution in [1.29, 1.82) is 0 Å². The molecule has 3 rings (SSSR count). The zero-order chi connectivity index (χ0) is 13.8. The van der Waals surface area contributed by atoms with Crippen LogP contribution >= 0.6 is 11.8 Å². The Balaban J connectivity index is 1.73. The standard InChI is InChI=1S/C15H19NO3S/c17-15-14(4-1-2-7-16-15)20-11-5-6-12-13(10-11)19-9-3-8-18-12/h5-6,10,14H,1-4,7-9H2,(H,16,17)/t14-/m0/s1. The number of carbonyl (C=O) groups is 1. The van der Waals surface area contributed by atoms with Gasteiger partial charge >= 0.3 is 0 Å². The molecular formula is C15H19NO3S. The predicted octanol–water partition coefficient (Wildman–Crippen LogP) is 2.61. The number of benzene rings is 1. The lowest BCUT2D eigenvalue weighted by atomic mass is 10.2. The molecule has 0 saturated carbocycles. The quantitative estimate of drug-likeness (QED) is 0.910. The number of hydrogen-bond donors (Lipinski definition) is 1. The molecule has 1 aromatic carbocycles. The molecule has 1 aromatic rings. The number of rotatable bonds is 2. The summed E-state index contributed by atoms with van der Waals surface area (Å²) in [5.41, 5.74) is 0. The minimum absolute atomic E-state index is 0.00208. The number of nitrogens with one attached hydrogen (secondary N) is 1. The monoisotopic (exact) mass is 293 g/mol. The normalized spacial score (nSPS) is 22.6. The van der Waals surface area contributed by atoms with Crippen LogP contribution in [0.4, 0.5) is 0 Å². The van der Waals surface area contributed by atoms with Gasteiger partial charge in [0.25, 0.3) is 0 Å². The summed E-state index contributed by atoms with van der Waals surface area (Å²) in [5, 5.41) is 2.97. The summed E-state index contributed by atoms with van der Waals surface area (Å²) < 4.78 is 11.3. The summed E-state index contributed by atoms with van der Waals surface area (Å²) in [5.74, 6) is 1.75. The maximum absolute atomic E-state index is 12.0. The van der Waals surface area contributed by atoms with E-state index in [1.807, 2.05) is 18.2 Å². The molecule has 0 aliphatic carbocycles. The summed E-state index contributed by atoms with van der Waals surface area (Å²) in [6, 6.07) is 5.94. The molecule has 2 heterocycles. The van der Waals surface area contributed by atoms with E-state index in [1.165, 1.54) is 0 Å². The molecule has 0 spiro atoms. The maximum Gasteiger partial charge on any atom is 0.233 e. The number of amides is 1. The lowest BCUT2D eigenvalue weighted by Crippen LogP contribution is -2.30. The van der Waals surface area contributed by atoms with Gasteiger partial charge in [0.05, 0.1) is 18.5 Å². The molecule has 0 radical (unpaired) electrons. The Morgan fingerprint density at radius 1 is 1.10 bits per heavy atom. The van der Waals surface area contributed by atoms with Crippen LogP contribution in [-0.4, -0.2) is 30.9 Å². The molecule has 1 amide bonds. The van der Waals surface area contributed by atoms with E-state index < -0.39 is 0 Å². The Hall–Kier alpha value is -1.36. The largest absolute Gasteiger partial charge is 0.490 e. The molecule has 20 heavy (non-hydrogen) atoms. The Bertz CT molecular complexity index is 492. The molecule has 4 nitrogen and oxygen atoms in total. The van der Waals surface area contributed by atoms with Gasteiger partial charge in [0.15, 0.2) is 11.5 Å². The van der Waals surface area contributed by atoms with Gasteiger partial charge in [0.2, 0.25) is 5.91 Å². The fourth-order valence-electron chi connectivity index (χ4n) is 2.40. The Labute approximate surface area is 123 Å². The van der Waals surface area contributed by atoms with Crippen molar-refractivity contribution in [1.82, 2.24) is 5.32 Å². The van der Waals surface area contributed by atoms with Crippen molar-refractivity contribution in [2.75, 3.05) is 19.8 Å². The average Bonchev–Trinajstić information content (AvgIpc) is 2.80. The van der Waals surface area contributed by atoms with Gasteiger partial charge in [-0.2, -0.15) is 0 Å². The molecule has 2 aliphatic rings. The second kappa shape index (κ2) is 6.39. The van der Waals surface area contributed by atoms with Gasteiger partial charge < -0.3 is 14.8 Å². The van der Waals surface area contributed by atoms with Crippen LogP contribution in [0.5, 0.6) is 11.5 Å². The summed E-state index contributed by atoms with van der Waals surface area (Å²) in [6.07, 6.45) is 4.01. The molecule has 2 aliphatic heterocycles. The predicted molar refractivity (Wildman–Crippen MR) is 78.6 cm³/mol. The fraction of sp³-hybridized carbons (Fsp3) is 0.533. The third-order valence-corrected chi connectivity index (χ3v) is 4.74. The second-order valence-corrected chi connectivity index (χ2v) is 6.33. The van der Waals surface area contributed by atoms with Crippen LogP contribution in [0.15, 0.2) is 23.1 Å². The molecule has 5 heteroatoms. The summed E-state index contributed by atoms with van der Waals surface area (Å²) in [4.78, 5) is 13.0. The zero-order valence-corrected chi connectivity index (χ0v) is 12.2. The summed E-state index contributed by atoms with van der Waals surface area (Å²) in [6.45, 7) is 2.19. The van der Waals surface area contributed by atoms with Gasteiger partial charge in [0, 0.05) is 17.9 Å². The maximum atomic E-state index is 12.0. The molecule has 1 saturated heterocycles. The smallest absolute Gasteiger partial charge is 0.233 e. The first-order chi connectivity index (χ1) is 9.83. The highest BCUT2D eigenvalue weighted by molar-refractivity contribution is 8.00. The zero-order valence-electron chi connectivity index (χ0n) is 11.4. The lowest BCUT2D eigenvalue weighted by Gasteiger charge is -2.14. The first-order valence-corrected chi connectivity index (χ1v) is 8.05. The van der Waals surface area contributed by atoms with Crippen molar-refractivity contribution >= 4 is 17.7 Å². The van der Waals surface area contributed by atoms with Gasteiger partial charge in [-0.25, -0.2) is 0 Å². The number of ether oxygens (including phenoxy) is 2. The number of hydrogen-bond acceptors (Lipinski definition) is 4. The lowest BCUT2D eigenvalue weighted by molar-refractivity contribution is -0.120. The van der Waals surface area contributed by atoms with Gasteiger partial charge in [-0.05, 0) is 31.0 Å². The minimum atomic E-state index is 0.00208. The van der Waals surface area contributed by atoms with Gasteiger partial charge in [-0.3, -0.25) is 4.79 Å². The van der Waals surface area contributed by atoms with E-state index in [-0.39, 0.29) is 11.2 Å². The van der Waals surface area contributed by atoms with Crippen LogP contribution < -0.4 is 14.8 Å². The summed E-state index contributed by atoms with van der Waals surface area (Å²) in [7, 11) is 0. The van der Waals surface area contributed by atoms with Crippen molar-refractivity contribution < 1.29 is 14.3 Å². The molecular weight excluding hydrogens is 274 g/mol. The average molecular weight is 293 g/mol. The molecule has 0 aromatic heterocycles. The van der Waals surface area contributed by atoms with Crippen molar-refractivity contribution in [3.8, 4) is 11.5 Å². The third kappa shape index (κ3) is 3.20. The van der Waals surface area contributed by atoms with Crippen LogP contribution in [0.3, 0.4) is 0 Å². The van der Waals surface area contributed by atoms with E-state index in [9.17, 15) is 4.79 Å². The van der Waals surface area contributed by atoms with Crippen LogP contribution in [0, 0.1) is 0 Å².